The van der Waals surface area contributed by atoms with Crippen LogP contribution in [0.1, 0.15) is 39.5 Å². The Balaban J connectivity index is 2.52. The van der Waals surface area contributed by atoms with Gasteiger partial charge in [0.2, 0.25) is 11.8 Å². The lowest BCUT2D eigenvalue weighted by atomic mass is 9.80. The van der Waals surface area contributed by atoms with E-state index in [2.05, 4.69) is 5.32 Å². The molecule has 0 atom stereocenters. The minimum Gasteiger partial charge on any atom is -0.375 e. The molecule has 6 heteroatoms. The number of nitrogens with one attached hydrogen (secondary N) is 1. The topological polar surface area (TPSA) is 84.7 Å². The summed E-state index contributed by atoms with van der Waals surface area (Å²) in [6.45, 7) is 5.87. The first-order valence-corrected chi connectivity index (χ1v) is 7.80. The molecule has 122 valence electrons. The Morgan fingerprint density at radius 3 is 2.29 bits per heavy atom. The third-order valence-electron chi connectivity index (χ3n) is 4.62. The molecule has 0 aliphatic carbocycles. The molecule has 0 aromatic rings. The van der Waals surface area contributed by atoms with Crippen LogP contribution >= 0.6 is 0 Å². The predicted molar refractivity (Wildman–Crippen MR) is 81.7 cm³/mol. The quantitative estimate of drug-likeness (QED) is 0.717. The van der Waals surface area contributed by atoms with E-state index < -0.39 is 5.41 Å². The van der Waals surface area contributed by atoms with Gasteiger partial charge in [0.05, 0.1) is 5.41 Å². The first kappa shape index (κ1) is 17.9. The van der Waals surface area contributed by atoms with Gasteiger partial charge in [-0.3, -0.25) is 9.59 Å². The van der Waals surface area contributed by atoms with E-state index in [1.807, 2.05) is 18.7 Å². The zero-order valence-corrected chi connectivity index (χ0v) is 13.5. The first-order valence-electron chi connectivity index (χ1n) is 7.80. The number of nitrogens with zero attached hydrogens (tertiary/aromatic N) is 1. The number of piperidine rings is 1. The molecule has 3 N–H and O–H groups in total. The highest BCUT2D eigenvalue weighted by molar-refractivity contribution is 5.83. The Hall–Kier alpha value is -1.14. The summed E-state index contributed by atoms with van der Waals surface area (Å²) in [5.41, 5.74) is 5.42. The summed E-state index contributed by atoms with van der Waals surface area (Å²) in [4.78, 5) is 26.1. The molecule has 1 rings (SSSR count). The van der Waals surface area contributed by atoms with Gasteiger partial charge in [0.15, 0.2) is 0 Å². The maximum absolute atomic E-state index is 12.7. The van der Waals surface area contributed by atoms with Crippen LogP contribution in [-0.2, 0) is 14.3 Å². The second-order valence-electron chi connectivity index (χ2n) is 5.76. The molecule has 0 unspecified atom stereocenters. The van der Waals surface area contributed by atoms with Crippen LogP contribution < -0.4 is 11.1 Å². The average Bonchev–Trinajstić information content (AvgIpc) is 2.50. The molecular weight excluding hydrogens is 270 g/mol. The van der Waals surface area contributed by atoms with Crippen molar-refractivity contribution in [3.05, 3.63) is 0 Å². The SMILES string of the molecule is CCC(CC)(CN)C(=O)N1CCC(NC(=O)COC)CC1. The van der Waals surface area contributed by atoms with Gasteiger partial charge in [-0.1, -0.05) is 13.8 Å². The maximum atomic E-state index is 12.7. The van der Waals surface area contributed by atoms with Gasteiger partial charge in [-0.05, 0) is 25.7 Å². The van der Waals surface area contributed by atoms with E-state index >= 15 is 0 Å². The van der Waals surface area contributed by atoms with E-state index in [0.717, 1.165) is 25.7 Å². The zero-order chi connectivity index (χ0) is 15.9. The molecule has 1 aliphatic heterocycles. The second-order valence-corrected chi connectivity index (χ2v) is 5.76. The number of rotatable bonds is 7. The highest BCUT2D eigenvalue weighted by atomic mass is 16.5. The number of hydrogen-bond donors (Lipinski definition) is 2. The van der Waals surface area contributed by atoms with Gasteiger partial charge >= 0.3 is 0 Å². The van der Waals surface area contributed by atoms with E-state index in [9.17, 15) is 9.59 Å². The van der Waals surface area contributed by atoms with Crippen LogP contribution in [0.3, 0.4) is 0 Å². The summed E-state index contributed by atoms with van der Waals surface area (Å²) in [7, 11) is 1.50. The van der Waals surface area contributed by atoms with Crippen LogP contribution in [0.15, 0.2) is 0 Å². The van der Waals surface area contributed by atoms with Crippen molar-refractivity contribution < 1.29 is 14.3 Å². The number of methoxy groups -OCH3 is 1. The maximum Gasteiger partial charge on any atom is 0.246 e. The van der Waals surface area contributed by atoms with Gasteiger partial charge in [-0.15, -0.1) is 0 Å². The van der Waals surface area contributed by atoms with Crippen LogP contribution in [0.4, 0.5) is 0 Å². The van der Waals surface area contributed by atoms with Gasteiger partial charge in [0, 0.05) is 32.8 Å². The van der Waals surface area contributed by atoms with Crippen molar-refractivity contribution in [2.24, 2.45) is 11.1 Å². The number of nitrogens with two attached hydrogens (primary N) is 1. The number of carbonyl (C=O) groups excluding carboxylic acids is 2. The zero-order valence-electron chi connectivity index (χ0n) is 13.5. The Morgan fingerprint density at radius 2 is 1.86 bits per heavy atom. The van der Waals surface area contributed by atoms with Gasteiger partial charge in [0.1, 0.15) is 6.61 Å². The Bertz CT molecular complexity index is 340. The summed E-state index contributed by atoms with van der Waals surface area (Å²) in [6, 6.07) is 0.132. The molecule has 0 spiro atoms. The van der Waals surface area contributed by atoms with Crippen molar-refractivity contribution in [1.29, 1.82) is 0 Å². The molecule has 1 fully saturated rings. The molecule has 0 radical (unpaired) electrons. The normalized spacial score (nSPS) is 16.9. The number of amides is 2. The molecule has 0 aromatic carbocycles. The van der Waals surface area contributed by atoms with Crippen molar-refractivity contribution in [3.8, 4) is 0 Å². The summed E-state index contributed by atoms with van der Waals surface area (Å²) in [5.74, 6) is 0.0670. The van der Waals surface area contributed by atoms with Crippen LogP contribution in [0.5, 0.6) is 0 Å². The minimum atomic E-state index is -0.424. The van der Waals surface area contributed by atoms with Crippen LogP contribution in [0, 0.1) is 5.41 Å². The fourth-order valence-corrected chi connectivity index (χ4v) is 2.89. The van der Waals surface area contributed by atoms with Crippen molar-refractivity contribution in [2.75, 3.05) is 33.4 Å². The minimum absolute atomic E-state index is 0.0844. The van der Waals surface area contributed by atoms with Gasteiger partial charge in [-0.25, -0.2) is 0 Å². The van der Waals surface area contributed by atoms with E-state index in [1.54, 1.807) is 0 Å². The van der Waals surface area contributed by atoms with Gasteiger partial charge in [0.25, 0.3) is 0 Å². The molecule has 1 aliphatic rings. The van der Waals surface area contributed by atoms with E-state index in [0.29, 0.717) is 19.6 Å². The number of ether oxygens (including phenoxy) is 1. The second kappa shape index (κ2) is 8.34. The summed E-state index contributed by atoms with van der Waals surface area (Å²) in [6.07, 6.45) is 3.11. The van der Waals surface area contributed by atoms with Gasteiger partial charge < -0.3 is 20.7 Å². The molecular formula is C15H29N3O3. The van der Waals surface area contributed by atoms with Crippen LogP contribution in [-0.4, -0.2) is 56.1 Å². The first-order chi connectivity index (χ1) is 10.0. The highest BCUT2D eigenvalue weighted by Crippen LogP contribution is 2.29. The Kier molecular flexibility index (Phi) is 7.11. The molecule has 1 heterocycles. The molecule has 1 saturated heterocycles. The lowest BCUT2D eigenvalue weighted by molar-refractivity contribution is -0.143. The van der Waals surface area contributed by atoms with Gasteiger partial charge in [-0.2, -0.15) is 0 Å². The Morgan fingerprint density at radius 1 is 1.29 bits per heavy atom. The number of likely N-dealkylation sites (tertiary alicyclic amines) is 1. The highest BCUT2D eigenvalue weighted by Gasteiger charge is 2.38. The summed E-state index contributed by atoms with van der Waals surface area (Å²) >= 11 is 0. The molecule has 21 heavy (non-hydrogen) atoms. The van der Waals surface area contributed by atoms with Crippen molar-refractivity contribution in [3.63, 3.8) is 0 Å². The number of carbonyl (C=O) groups is 2. The van der Waals surface area contributed by atoms with Crippen molar-refractivity contribution in [1.82, 2.24) is 10.2 Å². The average molecular weight is 299 g/mol. The van der Waals surface area contributed by atoms with Crippen molar-refractivity contribution >= 4 is 11.8 Å². The third kappa shape index (κ3) is 4.41. The predicted octanol–water partition coefficient (Wildman–Crippen LogP) is 0.505. The fourth-order valence-electron chi connectivity index (χ4n) is 2.89. The smallest absolute Gasteiger partial charge is 0.246 e. The summed E-state index contributed by atoms with van der Waals surface area (Å²) < 4.78 is 4.80. The standard InChI is InChI=1S/C15H29N3O3/c1-4-15(5-2,11-16)14(20)18-8-6-12(7-9-18)17-13(19)10-21-3/h12H,4-11,16H2,1-3H3,(H,17,19). The lowest BCUT2D eigenvalue weighted by Crippen LogP contribution is -2.53. The van der Waals surface area contributed by atoms with Crippen LogP contribution in [0.25, 0.3) is 0 Å². The van der Waals surface area contributed by atoms with Crippen LogP contribution in [0.2, 0.25) is 0 Å². The third-order valence-corrected chi connectivity index (χ3v) is 4.62. The van der Waals surface area contributed by atoms with E-state index in [4.69, 9.17) is 10.5 Å². The lowest BCUT2D eigenvalue weighted by Gasteiger charge is -2.39. The number of hydrogen-bond acceptors (Lipinski definition) is 4. The molecule has 2 amide bonds. The monoisotopic (exact) mass is 299 g/mol. The van der Waals surface area contributed by atoms with E-state index in [-0.39, 0.29) is 24.5 Å². The Labute approximate surface area is 127 Å². The van der Waals surface area contributed by atoms with E-state index in [1.165, 1.54) is 7.11 Å². The summed E-state index contributed by atoms with van der Waals surface area (Å²) in [5, 5.41) is 2.93. The largest absolute Gasteiger partial charge is 0.375 e. The fraction of sp³-hybridized carbons (Fsp3) is 0.867. The molecule has 0 bridgehead atoms. The molecule has 0 aromatic heterocycles. The van der Waals surface area contributed by atoms with Crippen molar-refractivity contribution in [2.45, 2.75) is 45.6 Å². The molecule has 6 nitrogen and oxygen atoms in total. The molecule has 0 saturated carbocycles.